The number of aromatic hydroxyl groups is 1. The molecule has 0 aliphatic rings. The van der Waals surface area contributed by atoms with Crippen LogP contribution in [0.1, 0.15) is 26.4 Å². The number of carboxylic acid groups (broad SMARTS) is 1. The molecule has 2 rings (SSSR count). The van der Waals surface area contributed by atoms with E-state index >= 15 is 0 Å². The van der Waals surface area contributed by atoms with Crippen LogP contribution >= 0.6 is 23.2 Å². The number of benzene rings is 1. The van der Waals surface area contributed by atoms with Gasteiger partial charge in [0.05, 0.1) is 28.4 Å². The SMILES string of the molecule is O=C(O)c1ccnc(CNC(=O)c2cc(Cl)cc(Cl)c2O)c1. The molecule has 1 aromatic heterocycles. The van der Waals surface area contributed by atoms with Crippen molar-refractivity contribution in [2.75, 3.05) is 0 Å². The van der Waals surface area contributed by atoms with Gasteiger partial charge in [-0.1, -0.05) is 23.2 Å². The van der Waals surface area contributed by atoms with E-state index in [2.05, 4.69) is 10.3 Å². The van der Waals surface area contributed by atoms with Crippen LogP contribution in [0.25, 0.3) is 0 Å². The number of halogens is 2. The Morgan fingerprint density at radius 3 is 2.64 bits per heavy atom. The fourth-order valence-electron chi connectivity index (χ4n) is 1.71. The Kier molecular flexibility index (Phi) is 4.85. The van der Waals surface area contributed by atoms with Crippen LogP contribution in [-0.2, 0) is 6.54 Å². The lowest BCUT2D eigenvalue weighted by Gasteiger charge is -2.08. The maximum absolute atomic E-state index is 12.0. The third-order valence-electron chi connectivity index (χ3n) is 2.77. The van der Waals surface area contributed by atoms with Crippen molar-refractivity contribution < 1.29 is 19.8 Å². The van der Waals surface area contributed by atoms with Crippen LogP contribution < -0.4 is 5.32 Å². The molecule has 0 unspecified atom stereocenters. The molecule has 0 aliphatic heterocycles. The molecular formula is C14H10Cl2N2O4. The number of carboxylic acids is 1. The van der Waals surface area contributed by atoms with Crippen molar-refractivity contribution in [2.45, 2.75) is 6.54 Å². The predicted octanol–water partition coefficient (Wildman–Crippen LogP) is 2.72. The molecule has 114 valence electrons. The third-order valence-corrected chi connectivity index (χ3v) is 3.27. The maximum atomic E-state index is 12.0. The molecular weight excluding hydrogens is 331 g/mol. The van der Waals surface area contributed by atoms with Gasteiger partial charge in [0.1, 0.15) is 5.75 Å². The van der Waals surface area contributed by atoms with Crippen molar-refractivity contribution in [3.63, 3.8) is 0 Å². The summed E-state index contributed by atoms with van der Waals surface area (Å²) in [6.07, 6.45) is 1.33. The fraction of sp³-hybridized carbons (Fsp3) is 0.0714. The first-order chi connectivity index (χ1) is 10.4. The first kappa shape index (κ1) is 16.1. The van der Waals surface area contributed by atoms with E-state index in [1.807, 2.05) is 0 Å². The van der Waals surface area contributed by atoms with E-state index in [1.54, 1.807) is 0 Å². The van der Waals surface area contributed by atoms with Gasteiger partial charge in [-0.2, -0.15) is 0 Å². The van der Waals surface area contributed by atoms with E-state index in [0.717, 1.165) is 0 Å². The third kappa shape index (κ3) is 3.66. The summed E-state index contributed by atoms with van der Waals surface area (Å²) in [7, 11) is 0. The quantitative estimate of drug-likeness (QED) is 0.794. The molecule has 0 aliphatic carbocycles. The topological polar surface area (TPSA) is 99.5 Å². The monoisotopic (exact) mass is 340 g/mol. The molecule has 1 amide bonds. The molecule has 0 saturated heterocycles. The van der Waals surface area contributed by atoms with Gasteiger partial charge in [0.25, 0.3) is 5.91 Å². The number of nitrogens with one attached hydrogen (secondary N) is 1. The molecule has 3 N–H and O–H groups in total. The molecule has 0 saturated carbocycles. The number of rotatable bonds is 4. The van der Waals surface area contributed by atoms with E-state index in [9.17, 15) is 14.7 Å². The zero-order valence-electron chi connectivity index (χ0n) is 11.0. The summed E-state index contributed by atoms with van der Waals surface area (Å²) < 4.78 is 0. The minimum Gasteiger partial charge on any atom is -0.506 e. The maximum Gasteiger partial charge on any atom is 0.335 e. The number of hydrogen-bond donors (Lipinski definition) is 3. The number of phenols is 1. The van der Waals surface area contributed by atoms with Crippen molar-refractivity contribution in [3.8, 4) is 5.75 Å². The Hall–Kier alpha value is -2.31. The average molecular weight is 341 g/mol. The van der Waals surface area contributed by atoms with Gasteiger partial charge in [-0.05, 0) is 24.3 Å². The van der Waals surface area contributed by atoms with Gasteiger partial charge in [-0.15, -0.1) is 0 Å². The van der Waals surface area contributed by atoms with E-state index in [0.29, 0.717) is 5.69 Å². The number of carbonyl (C=O) groups is 2. The van der Waals surface area contributed by atoms with Crippen LogP contribution in [0.5, 0.6) is 5.75 Å². The lowest BCUT2D eigenvalue weighted by molar-refractivity contribution is 0.0696. The molecule has 6 nitrogen and oxygen atoms in total. The highest BCUT2D eigenvalue weighted by Crippen LogP contribution is 2.31. The summed E-state index contributed by atoms with van der Waals surface area (Å²) in [6.45, 7) is -0.0104. The van der Waals surface area contributed by atoms with Crippen LogP contribution in [0.4, 0.5) is 0 Å². The Bertz CT molecular complexity index is 750. The number of aromatic nitrogens is 1. The molecule has 1 aromatic carbocycles. The van der Waals surface area contributed by atoms with Crippen LogP contribution in [0, 0.1) is 0 Å². The smallest absolute Gasteiger partial charge is 0.335 e. The van der Waals surface area contributed by atoms with E-state index < -0.39 is 11.9 Å². The minimum atomic E-state index is -1.09. The molecule has 0 fully saturated rings. The molecule has 0 bridgehead atoms. The number of carbonyl (C=O) groups excluding carboxylic acids is 1. The number of nitrogens with zero attached hydrogens (tertiary/aromatic N) is 1. The number of aromatic carboxylic acids is 1. The van der Waals surface area contributed by atoms with Crippen molar-refractivity contribution in [2.24, 2.45) is 0 Å². The second-order valence-electron chi connectivity index (χ2n) is 4.31. The second-order valence-corrected chi connectivity index (χ2v) is 5.15. The van der Waals surface area contributed by atoms with Gasteiger partial charge in [-0.25, -0.2) is 4.79 Å². The zero-order chi connectivity index (χ0) is 16.3. The van der Waals surface area contributed by atoms with Crippen molar-refractivity contribution in [1.29, 1.82) is 0 Å². The molecule has 8 heteroatoms. The highest BCUT2D eigenvalue weighted by molar-refractivity contribution is 6.36. The van der Waals surface area contributed by atoms with Gasteiger partial charge >= 0.3 is 5.97 Å². The number of pyridine rings is 1. The highest BCUT2D eigenvalue weighted by Gasteiger charge is 2.15. The summed E-state index contributed by atoms with van der Waals surface area (Å²) in [5, 5.41) is 21.3. The lowest BCUT2D eigenvalue weighted by Crippen LogP contribution is -2.23. The van der Waals surface area contributed by atoms with Gasteiger partial charge in [0.2, 0.25) is 0 Å². The van der Waals surface area contributed by atoms with Crippen molar-refractivity contribution >= 4 is 35.1 Å². The Labute approximate surface area is 135 Å². The first-order valence-electron chi connectivity index (χ1n) is 6.03. The minimum absolute atomic E-state index is 0.0104. The molecule has 2 aromatic rings. The highest BCUT2D eigenvalue weighted by atomic mass is 35.5. The van der Waals surface area contributed by atoms with Gasteiger partial charge < -0.3 is 15.5 Å². The molecule has 0 spiro atoms. The summed E-state index contributed by atoms with van der Waals surface area (Å²) in [4.78, 5) is 26.8. The van der Waals surface area contributed by atoms with E-state index in [-0.39, 0.29) is 33.5 Å². The van der Waals surface area contributed by atoms with Gasteiger partial charge in [-0.3, -0.25) is 9.78 Å². The molecule has 1 heterocycles. The van der Waals surface area contributed by atoms with Crippen LogP contribution in [0.2, 0.25) is 10.0 Å². The normalized spacial score (nSPS) is 10.3. The zero-order valence-corrected chi connectivity index (χ0v) is 12.5. The summed E-state index contributed by atoms with van der Waals surface area (Å²) >= 11 is 11.5. The second kappa shape index (κ2) is 6.64. The summed E-state index contributed by atoms with van der Waals surface area (Å²) in [5.41, 5.74) is 0.348. The van der Waals surface area contributed by atoms with Crippen molar-refractivity contribution in [3.05, 3.63) is 57.3 Å². The lowest BCUT2D eigenvalue weighted by atomic mass is 10.2. The van der Waals surface area contributed by atoms with Crippen molar-refractivity contribution in [1.82, 2.24) is 10.3 Å². The van der Waals surface area contributed by atoms with Crippen LogP contribution in [0.3, 0.4) is 0 Å². The summed E-state index contributed by atoms with van der Waals surface area (Å²) in [6, 6.07) is 5.27. The first-order valence-corrected chi connectivity index (χ1v) is 6.78. The largest absolute Gasteiger partial charge is 0.506 e. The Balaban J connectivity index is 2.14. The van der Waals surface area contributed by atoms with E-state index in [4.69, 9.17) is 28.3 Å². The molecule has 0 radical (unpaired) electrons. The Morgan fingerprint density at radius 1 is 1.23 bits per heavy atom. The van der Waals surface area contributed by atoms with E-state index in [1.165, 1.54) is 30.5 Å². The molecule has 22 heavy (non-hydrogen) atoms. The summed E-state index contributed by atoms with van der Waals surface area (Å²) in [5.74, 6) is -2.07. The van der Waals surface area contributed by atoms with Crippen LogP contribution in [0.15, 0.2) is 30.5 Å². The van der Waals surface area contributed by atoms with Gasteiger partial charge in [0, 0.05) is 11.2 Å². The average Bonchev–Trinajstić information content (AvgIpc) is 2.48. The fourth-order valence-corrected chi connectivity index (χ4v) is 2.21. The van der Waals surface area contributed by atoms with Gasteiger partial charge in [0.15, 0.2) is 0 Å². The number of hydrogen-bond acceptors (Lipinski definition) is 4. The number of amides is 1. The standard InChI is InChI=1S/C14H10Cl2N2O4/c15-8-4-10(12(19)11(16)5-8)13(20)18-6-9-3-7(14(21)22)1-2-17-9/h1-5,19H,6H2,(H,18,20)(H,21,22). The number of phenolic OH excluding ortho intramolecular Hbond substituents is 1. The van der Waals surface area contributed by atoms with Crippen LogP contribution in [-0.4, -0.2) is 27.1 Å². The predicted molar refractivity (Wildman–Crippen MR) is 80.5 cm³/mol. The Morgan fingerprint density at radius 2 is 1.95 bits per heavy atom. The molecule has 0 atom stereocenters.